The summed E-state index contributed by atoms with van der Waals surface area (Å²) in [5, 5.41) is 7.80. The smallest absolute Gasteiger partial charge is 0.0562 e. The monoisotopic (exact) mass is 209 g/mol. The van der Waals surface area contributed by atoms with E-state index in [0.29, 0.717) is 5.92 Å². The van der Waals surface area contributed by atoms with E-state index in [0.717, 1.165) is 32.8 Å². The van der Waals surface area contributed by atoms with Crippen LogP contribution in [-0.2, 0) is 17.8 Å². The zero-order valence-corrected chi connectivity index (χ0v) is 9.49. The average molecular weight is 209 g/mol. The van der Waals surface area contributed by atoms with Gasteiger partial charge in [0.05, 0.1) is 12.8 Å². The Morgan fingerprint density at radius 1 is 1.60 bits per heavy atom. The van der Waals surface area contributed by atoms with Crippen molar-refractivity contribution in [2.45, 2.75) is 32.9 Å². The molecule has 0 spiro atoms. The van der Waals surface area contributed by atoms with Gasteiger partial charge >= 0.3 is 0 Å². The third kappa shape index (κ3) is 2.06. The van der Waals surface area contributed by atoms with Gasteiger partial charge in [-0.1, -0.05) is 0 Å². The Balaban J connectivity index is 2.19. The van der Waals surface area contributed by atoms with Gasteiger partial charge in [0, 0.05) is 43.4 Å². The third-order valence-electron chi connectivity index (χ3n) is 2.88. The summed E-state index contributed by atoms with van der Waals surface area (Å²) in [6.07, 6.45) is 1.98. The van der Waals surface area contributed by atoms with Crippen LogP contribution in [0.25, 0.3) is 0 Å². The highest BCUT2D eigenvalue weighted by molar-refractivity contribution is 5.25. The molecule has 0 aliphatic carbocycles. The molecule has 4 nitrogen and oxygen atoms in total. The van der Waals surface area contributed by atoms with Crippen LogP contribution in [0.3, 0.4) is 0 Å². The topological polar surface area (TPSA) is 39.1 Å². The Hall–Kier alpha value is -0.870. The molecule has 0 saturated carbocycles. The summed E-state index contributed by atoms with van der Waals surface area (Å²) in [6.45, 7) is 8.63. The molecule has 0 unspecified atom stereocenters. The minimum Gasteiger partial charge on any atom is -0.381 e. The first-order valence-electron chi connectivity index (χ1n) is 5.69. The minimum absolute atomic E-state index is 0.455. The summed E-state index contributed by atoms with van der Waals surface area (Å²) in [5.41, 5.74) is 2.69. The molecule has 0 aromatic carbocycles. The standard InChI is InChI=1S/C11H19N3O/c1-3-14-11-9(7-13-14)5-12-6-10(11)8-15-4-2/h7,10,12H,3-6,8H2,1-2H3/t10-/m1/s1. The van der Waals surface area contributed by atoms with Crippen LogP contribution in [0.5, 0.6) is 0 Å². The molecule has 15 heavy (non-hydrogen) atoms. The zero-order chi connectivity index (χ0) is 10.7. The SMILES string of the molecule is CCOC[C@H]1CNCc2cnn(CC)c21. The van der Waals surface area contributed by atoms with E-state index < -0.39 is 0 Å². The van der Waals surface area contributed by atoms with Gasteiger partial charge in [0.1, 0.15) is 0 Å². The summed E-state index contributed by atoms with van der Waals surface area (Å²) in [5.74, 6) is 0.455. The normalized spacial score (nSPS) is 20.3. The maximum absolute atomic E-state index is 5.52. The molecule has 0 fully saturated rings. The van der Waals surface area contributed by atoms with Gasteiger partial charge in [-0.3, -0.25) is 4.68 Å². The van der Waals surface area contributed by atoms with Crippen molar-refractivity contribution in [2.24, 2.45) is 0 Å². The van der Waals surface area contributed by atoms with E-state index in [4.69, 9.17) is 4.74 Å². The number of ether oxygens (including phenoxy) is 1. The maximum atomic E-state index is 5.52. The van der Waals surface area contributed by atoms with Crippen molar-refractivity contribution in [1.82, 2.24) is 15.1 Å². The molecule has 1 aromatic heterocycles. The number of aromatic nitrogens is 2. The zero-order valence-electron chi connectivity index (χ0n) is 9.49. The molecular formula is C11H19N3O. The lowest BCUT2D eigenvalue weighted by Crippen LogP contribution is -2.32. The van der Waals surface area contributed by atoms with Gasteiger partial charge in [-0.15, -0.1) is 0 Å². The Kier molecular flexibility index (Phi) is 3.38. The van der Waals surface area contributed by atoms with Gasteiger partial charge in [-0.05, 0) is 13.8 Å². The molecule has 1 atom stereocenters. The van der Waals surface area contributed by atoms with Crippen LogP contribution in [0.4, 0.5) is 0 Å². The van der Waals surface area contributed by atoms with E-state index in [1.807, 2.05) is 13.1 Å². The molecule has 1 N–H and O–H groups in total. The van der Waals surface area contributed by atoms with E-state index in [2.05, 4.69) is 22.0 Å². The molecule has 1 aliphatic heterocycles. The van der Waals surface area contributed by atoms with Crippen molar-refractivity contribution >= 4 is 0 Å². The highest BCUT2D eigenvalue weighted by Gasteiger charge is 2.24. The maximum Gasteiger partial charge on any atom is 0.0562 e. The van der Waals surface area contributed by atoms with Crippen LogP contribution in [0.15, 0.2) is 6.20 Å². The predicted molar refractivity (Wildman–Crippen MR) is 58.8 cm³/mol. The molecule has 0 amide bonds. The van der Waals surface area contributed by atoms with Crippen LogP contribution in [0, 0.1) is 0 Å². The van der Waals surface area contributed by atoms with Crippen molar-refractivity contribution in [1.29, 1.82) is 0 Å². The van der Waals surface area contributed by atoms with Gasteiger partial charge in [0.25, 0.3) is 0 Å². The van der Waals surface area contributed by atoms with Gasteiger partial charge in [-0.2, -0.15) is 5.10 Å². The fourth-order valence-corrected chi connectivity index (χ4v) is 2.17. The highest BCUT2D eigenvalue weighted by atomic mass is 16.5. The molecule has 84 valence electrons. The van der Waals surface area contributed by atoms with Gasteiger partial charge in [0.2, 0.25) is 0 Å². The van der Waals surface area contributed by atoms with E-state index >= 15 is 0 Å². The quantitative estimate of drug-likeness (QED) is 0.808. The summed E-state index contributed by atoms with van der Waals surface area (Å²) < 4.78 is 7.61. The summed E-state index contributed by atoms with van der Waals surface area (Å²) in [4.78, 5) is 0. The van der Waals surface area contributed by atoms with Crippen LogP contribution in [0.1, 0.15) is 31.0 Å². The molecule has 0 bridgehead atoms. The molecule has 0 saturated heterocycles. The number of rotatable bonds is 4. The lowest BCUT2D eigenvalue weighted by atomic mass is 9.98. The Morgan fingerprint density at radius 2 is 2.47 bits per heavy atom. The fourth-order valence-electron chi connectivity index (χ4n) is 2.17. The van der Waals surface area contributed by atoms with Gasteiger partial charge in [0.15, 0.2) is 0 Å². The van der Waals surface area contributed by atoms with Crippen molar-refractivity contribution in [2.75, 3.05) is 19.8 Å². The number of nitrogens with one attached hydrogen (secondary N) is 1. The molecule has 2 heterocycles. The number of nitrogens with zero attached hydrogens (tertiary/aromatic N) is 2. The average Bonchev–Trinajstić information content (AvgIpc) is 2.69. The molecule has 2 rings (SSSR count). The first kappa shape index (κ1) is 10.6. The molecular weight excluding hydrogens is 190 g/mol. The van der Waals surface area contributed by atoms with Crippen LogP contribution < -0.4 is 5.32 Å². The van der Waals surface area contributed by atoms with Crippen LogP contribution in [-0.4, -0.2) is 29.5 Å². The second-order valence-corrected chi connectivity index (χ2v) is 3.86. The molecule has 4 heteroatoms. The van der Waals surface area contributed by atoms with Crippen molar-refractivity contribution < 1.29 is 4.74 Å². The Morgan fingerprint density at radius 3 is 3.20 bits per heavy atom. The van der Waals surface area contributed by atoms with E-state index in [9.17, 15) is 0 Å². The molecule has 0 radical (unpaired) electrons. The number of aryl methyl sites for hydroxylation is 1. The van der Waals surface area contributed by atoms with E-state index in [-0.39, 0.29) is 0 Å². The Bertz CT molecular complexity index is 308. The predicted octanol–water partition coefficient (Wildman–Crippen LogP) is 1.13. The summed E-state index contributed by atoms with van der Waals surface area (Å²) in [6, 6.07) is 0. The van der Waals surface area contributed by atoms with Crippen molar-refractivity contribution in [3.8, 4) is 0 Å². The second kappa shape index (κ2) is 4.77. The van der Waals surface area contributed by atoms with Crippen molar-refractivity contribution in [3.05, 3.63) is 17.5 Å². The Labute approximate surface area is 90.6 Å². The second-order valence-electron chi connectivity index (χ2n) is 3.86. The largest absolute Gasteiger partial charge is 0.381 e. The molecule has 1 aromatic rings. The van der Waals surface area contributed by atoms with E-state index in [1.54, 1.807) is 0 Å². The van der Waals surface area contributed by atoms with Gasteiger partial charge in [-0.25, -0.2) is 0 Å². The minimum atomic E-state index is 0.455. The molecule has 1 aliphatic rings. The van der Waals surface area contributed by atoms with Gasteiger partial charge < -0.3 is 10.1 Å². The van der Waals surface area contributed by atoms with Crippen molar-refractivity contribution in [3.63, 3.8) is 0 Å². The third-order valence-corrected chi connectivity index (χ3v) is 2.88. The first-order chi connectivity index (χ1) is 7.36. The lowest BCUT2D eigenvalue weighted by molar-refractivity contribution is 0.127. The number of fused-ring (bicyclic) bond motifs is 1. The number of hydrogen-bond acceptors (Lipinski definition) is 3. The highest BCUT2D eigenvalue weighted by Crippen LogP contribution is 2.24. The summed E-state index contributed by atoms with van der Waals surface area (Å²) >= 11 is 0. The van der Waals surface area contributed by atoms with E-state index in [1.165, 1.54) is 11.3 Å². The van der Waals surface area contributed by atoms with Crippen LogP contribution in [0.2, 0.25) is 0 Å². The lowest BCUT2D eigenvalue weighted by Gasteiger charge is -2.24. The first-order valence-corrected chi connectivity index (χ1v) is 5.69. The fraction of sp³-hybridized carbons (Fsp3) is 0.727. The van der Waals surface area contributed by atoms with Crippen LogP contribution >= 0.6 is 0 Å². The summed E-state index contributed by atoms with van der Waals surface area (Å²) in [7, 11) is 0. The number of hydrogen-bond donors (Lipinski definition) is 1.